The number of ether oxygens (including phenoxy) is 1. The van der Waals surface area contributed by atoms with Crippen molar-refractivity contribution in [2.75, 3.05) is 32.8 Å². The number of likely N-dealkylation sites (tertiary alicyclic amines) is 1. The Hall–Kier alpha value is -0.120. The summed E-state index contributed by atoms with van der Waals surface area (Å²) in [6, 6.07) is 0.608. The molecule has 1 atom stereocenters. The van der Waals surface area contributed by atoms with Crippen LogP contribution >= 0.6 is 0 Å². The Bertz CT molecular complexity index is 208. The molecule has 0 radical (unpaired) electrons. The van der Waals surface area contributed by atoms with Gasteiger partial charge in [0.15, 0.2) is 0 Å². The van der Waals surface area contributed by atoms with Gasteiger partial charge in [-0.2, -0.15) is 0 Å². The zero-order valence-corrected chi connectivity index (χ0v) is 11.2. The molecule has 0 saturated carbocycles. The van der Waals surface area contributed by atoms with Gasteiger partial charge in [0.2, 0.25) is 0 Å². The van der Waals surface area contributed by atoms with E-state index in [9.17, 15) is 0 Å². The van der Waals surface area contributed by atoms with Crippen LogP contribution in [0.4, 0.5) is 0 Å². The molecule has 2 rings (SSSR count). The van der Waals surface area contributed by atoms with Gasteiger partial charge in [-0.3, -0.25) is 4.90 Å². The molecule has 2 heterocycles. The Kier molecular flexibility index (Phi) is 5.26. The van der Waals surface area contributed by atoms with Crippen molar-refractivity contribution in [3.63, 3.8) is 0 Å². The maximum absolute atomic E-state index is 6.02. The van der Waals surface area contributed by atoms with Gasteiger partial charge < -0.3 is 10.5 Å². The van der Waals surface area contributed by atoms with E-state index in [-0.39, 0.29) is 0 Å². The van der Waals surface area contributed by atoms with Crippen molar-refractivity contribution >= 4 is 0 Å². The molecule has 0 aromatic rings. The Morgan fingerprint density at radius 1 is 1.18 bits per heavy atom. The highest BCUT2D eigenvalue weighted by Crippen LogP contribution is 2.27. The highest BCUT2D eigenvalue weighted by molar-refractivity contribution is 4.85. The van der Waals surface area contributed by atoms with Gasteiger partial charge >= 0.3 is 0 Å². The Labute approximate surface area is 106 Å². The van der Waals surface area contributed by atoms with Crippen LogP contribution in [-0.2, 0) is 4.74 Å². The molecule has 0 aromatic heterocycles. The van der Waals surface area contributed by atoms with Gasteiger partial charge in [0.25, 0.3) is 0 Å². The Balaban J connectivity index is 1.85. The number of nitrogens with zero attached hydrogens (tertiary/aromatic N) is 1. The van der Waals surface area contributed by atoms with E-state index >= 15 is 0 Å². The first-order valence-electron chi connectivity index (χ1n) is 7.37. The van der Waals surface area contributed by atoms with E-state index in [0.717, 1.165) is 31.6 Å². The van der Waals surface area contributed by atoms with Crippen molar-refractivity contribution in [2.45, 2.75) is 45.1 Å². The van der Waals surface area contributed by atoms with Gasteiger partial charge in [0.1, 0.15) is 0 Å². The molecule has 100 valence electrons. The van der Waals surface area contributed by atoms with Crippen LogP contribution in [0.3, 0.4) is 0 Å². The molecular weight excluding hydrogens is 212 g/mol. The first-order chi connectivity index (χ1) is 8.35. The van der Waals surface area contributed by atoms with Crippen molar-refractivity contribution < 1.29 is 4.74 Å². The van der Waals surface area contributed by atoms with E-state index in [0.29, 0.717) is 6.04 Å². The predicted octanol–water partition coefficient (Wildman–Crippen LogP) is 1.86. The van der Waals surface area contributed by atoms with Crippen LogP contribution in [-0.4, -0.2) is 43.8 Å². The fraction of sp³-hybridized carbons (Fsp3) is 1.00. The van der Waals surface area contributed by atoms with Gasteiger partial charge in [-0.1, -0.05) is 13.3 Å². The lowest BCUT2D eigenvalue weighted by molar-refractivity contribution is 0.0177. The van der Waals surface area contributed by atoms with Crippen LogP contribution < -0.4 is 5.73 Å². The van der Waals surface area contributed by atoms with Crippen LogP contribution in [0.15, 0.2) is 0 Å². The van der Waals surface area contributed by atoms with E-state index in [4.69, 9.17) is 10.5 Å². The van der Waals surface area contributed by atoms with E-state index in [1.165, 1.54) is 45.2 Å². The number of hydrogen-bond donors (Lipinski definition) is 1. The Morgan fingerprint density at radius 2 is 1.82 bits per heavy atom. The van der Waals surface area contributed by atoms with Crippen LogP contribution in [0.1, 0.15) is 39.0 Å². The largest absolute Gasteiger partial charge is 0.381 e. The molecule has 0 amide bonds. The highest BCUT2D eigenvalue weighted by Gasteiger charge is 2.30. The molecule has 2 saturated heterocycles. The Morgan fingerprint density at radius 3 is 2.35 bits per heavy atom. The number of piperidine rings is 1. The molecule has 3 heteroatoms. The smallest absolute Gasteiger partial charge is 0.0469 e. The average Bonchev–Trinajstić information content (AvgIpc) is 2.42. The summed E-state index contributed by atoms with van der Waals surface area (Å²) in [5, 5.41) is 0. The lowest BCUT2D eigenvalue weighted by Crippen LogP contribution is -2.50. The van der Waals surface area contributed by atoms with Crippen LogP contribution in [0.25, 0.3) is 0 Å². The zero-order chi connectivity index (χ0) is 12.1. The minimum absolute atomic E-state index is 0.608. The second-order valence-electron chi connectivity index (χ2n) is 5.64. The van der Waals surface area contributed by atoms with E-state index < -0.39 is 0 Å². The second-order valence-corrected chi connectivity index (χ2v) is 5.64. The van der Waals surface area contributed by atoms with E-state index in [1.807, 2.05) is 0 Å². The van der Waals surface area contributed by atoms with Gasteiger partial charge in [0, 0.05) is 25.8 Å². The lowest BCUT2D eigenvalue weighted by Gasteiger charge is -2.41. The van der Waals surface area contributed by atoms with Gasteiger partial charge in [-0.15, -0.1) is 0 Å². The highest BCUT2D eigenvalue weighted by atomic mass is 16.5. The minimum atomic E-state index is 0.608. The summed E-state index contributed by atoms with van der Waals surface area (Å²) in [5.41, 5.74) is 6.02. The third-order valence-corrected chi connectivity index (χ3v) is 4.75. The van der Waals surface area contributed by atoms with E-state index in [2.05, 4.69) is 11.8 Å². The third-order valence-electron chi connectivity index (χ3n) is 4.75. The zero-order valence-electron chi connectivity index (χ0n) is 11.2. The molecule has 1 unspecified atom stereocenters. The molecule has 17 heavy (non-hydrogen) atoms. The molecule has 0 aliphatic carbocycles. The summed E-state index contributed by atoms with van der Waals surface area (Å²) in [7, 11) is 0. The molecular formula is C14H28N2O. The maximum atomic E-state index is 6.02. The third kappa shape index (κ3) is 3.43. The first kappa shape index (κ1) is 13.3. The number of rotatable bonds is 4. The van der Waals surface area contributed by atoms with Gasteiger partial charge in [-0.05, 0) is 50.6 Å². The quantitative estimate of drug-likeness (QED) is 0.815. The second kappa shape index (κ2) is 6.72. The van der Waals surface area contributed by atoms with E-state index in [1.54, 1.807) is 0 Å². The summed E-state index contributed by atoms with van der Waals surface area (Å²) >= 11 is 0. The standard InChI is InChI=1S/C14H28N2O/c1-2-12-3-7-16(8-4-12)14(11-15)13-5-9-17-10-6-13/h12-14H,2-11,15H2,1H3. The van der Waals surface area contributed by atoms with Crippen molar-refractivity contribution in [2.24, 2.45) is 17.6 Å². The summed E-state index contributed by atoms with van der Waals surface area (Å²) in [5.74, 6) is 1.73. The monoisotopic (exact) mass is 240 g/mol. The molecule has 0 spiro atoms. The molecule has 2 aliphatic rings. The van der Waals surface area contributed by atoms with Crippen molar-refractivity contribution in [1.29, 1.82) is 0 Å². The van der Waals surface area contributed by atoms with Crippen molar-refractivity contribution in [3.8, 4) is 0 Å². The molecule has 0 bridgehead atoms. The van der Waals surface area contributed by atoms with Crippen molar-refractivity contribution in [1.82, 2.24) is 4.90 Å². The summed E-state index contributed by atoms with van der Waals surface area (Å²) in [6.45, 7) is 7.54. The number of nitrogens with two attached hydrogens (primary N) is 1. The number of hydrogen-bond acceptors (Lipinski definition) is 3. The van der Waals surface area contributed by atoms with Gasteiger partial charge in [-0.25, -0.2) is 0 Å². The average molecular weight is 240 g/mol. The molecule has 2 aliphatic heterocycles. The molecule has 3 nitrogen and oxygen atoms in total. The fourth-order valence-electron chi connectivity index (χ4n) is 3.43. The van der Waals surface area contributed by atoms with Crippen LogP contribution in [0, 0.1) is 11.8 Å². The molecule has 2 N–H and O–H groups in total. The summed E-state index contributed by atoms with van der Waals surface area (Å²) in [6.07, 6.45) is 6.50. The summed E-state index contributed by atoms with van der Waals surface area (Å²) in [4.78, 5) is 2.65. The van der Waals surface area contributed by atoms with Crippen molar-refractivity contribution in [3.05, 3.63) is 0 Å². The first-order valence-corrected chi connectivity index (χ1v) is 7.37. The SMILES string of the molecule is CCC1CCN(C(CN)C2CCOCC2)CC1. The molecule has 0 aromatic carbocycles. The van der Waals surface area contributed by atoms with Gasteiger partial charge in [0.05, 0.1) is 0 Å². The van der Waals surface area contributed by atoms with Crippen LogP contribution in [0.2, 0.25) is 0 Å². The lowest BCUT2D eigenvalue weighted by atomic mass is 9.87. The maximum Gasteiger partial charge on any atom is 0.0469 e. The molecule has 2 fully saturated rings. The van der Waals surface area contributed by atoms with Crippen LogP contribution in [0.5, 0.6) is 0 Å². The minimum Gasteiger partial charge on any atom is -0.381 e. The fourth-order valence-corrected chi connectivity index (χ4v) is 3.43. The topological polar surface area (TPSA) is 38.5 Å². The normalized spacial score (nSPS) is 27.2. The summed E-state index contributed by atoms with van der Waals surface area (Å²) < 4.78 is 5.46. The predicted molar refractivity (Wildman–Crippen MR) is 71.0 cm³/mol.